The largest absolute Gasteiger partial charge is 0.489 e. The number of aryl methyl sites for hydroxylation is 2. The van der Waals surface area contributed by atoms with E-state index in [1.54, 1.807) is 24.3 Å². The Balaban J connectivity index is 1.82. The highest BCUT2D eigenvalue weighted by atomic mass is 16.5. The highest BCUT2D eigenvalue weighted by Crippen LogP contribution is 2.35. The lowest BCUT2D eigenvalue weighted by atomic mass is 9.86. The normalized spacial score (nSPS) is 18.8. The molecule has 2 aromatic carbocycles. The van der Waals surface area contributed by atoms with Gasteiger partial charge in [0.25, 0.3) is 11.8 Å². The number of benzene rings is 2. The Morgan fingerprint density at radius 1 is 1.22 bits per heavy atom. The zero-order chi connectivity index (χ0) is 23.5. The fraction of sp³-hybridized carbons (Fsp3) is 0.292. The molecule has 32 heavy (non-hydrogen) atoms. The fourth-order valence-electron chi connectivity index (χ4n) is 3.98. The first-order chi connectivity index (χ1) is 15.2. The van der Waals surface area contributed by atoms with E-state index in [2.05, 4.69) is 30.1 Å². The molecule has 1 heterocycles. The van der Waals surface area contributed by atoms with Crippen LogP contribution in [-0.4, -0.2) is 34.0 Å². The lowest BCUT2D eigenvalue weighted by Gasteiger charge is -2.27. The van der Waals surface area contributed by atoms with Gasteiger partial charge < -0.3 is 10.1 Å². The second kappa shape index (κ2) is 9.23. The third kappa shape index (κ3) is 4.36. The summed E-state index contributed by atoms with van der Waals surface area (Å²) in [7, 11) is 0. The monoisotopic (exact) mass is 437 g/mol. The number of carbonyl (C=O) groups excluding carboxylic acids is 3. The minimum atomic E-state index is -1.39. The third-order valence-corrected chi connectivity index (χ3v) is 5.48. The van der Waals surface area contributed by atoms with Crippen LogP contribution in [-0.2, 0) is 21.7 Å². The zero-order valence-corrected chi connectivity index (χ0v) is 18.3. The number of hydroxylamine groups is 1. The molecule has 2 aromatic rings. The van der Waals surface area contributed by atoms with Crippen LogP contribution in [0.2, 0.25) is 0 Å². The van der Waals surface area contributed by atoms with Crippen LogP contribution >= 0.6 is 0 Å². The molecule has 1 unspecified atom stereocenters. The van der Waals surface area contributed by atoms with Crippen molar-refractivity contribution in [3.63, 3.8) is 0 Å². The van der Waals surface area contributed by atoms with Gasteiger partial charge in [-0.05, 0) is 44.0 Å². The summed E-state index contributed by atoms with van der Waals surface area (Å²) < 4.78 is 5.88. The van der Waals surface area contributed by atoms with Crippen molar-refractivity contribution < 1.29 is 24.3 Å². The van der Waals surface area contributed by atoms with Gasteiger partial charge in [0.1, 0.15) is 23.9 Å². The molecule has 0 aromatic heterocycles. The van der Waals surface area contributed by atoms with E-state index in [9.17, 15) is 14.4 Å². The molecule has 3 rings (SSSR count). The molecule has 4 amide bonds. The summed E-state index contributed by atoms with van der Waals surface area (Å²) in [6.45, 7) is 9.53. The number of rotatable bonds is 8. The number of nitrogens with one attached hydrogen (secondary N) is 2. The van der Waals surface area contributed by atoms with Gasteiger partial charge in [-0.3, -0.25) is 14.8 Å². The second-order valence-electron chi connectivity index (χ2n) is 7.96. The van der Waals surface area contributed by atoms with Gasteiger partial charge in [0, 0.05) is 6.42 Å². The summed E-state index contributed by atoms with van der Waals surface area (Å²) in [6.07, 6.45) is 1.66. The molecule has 168 valence electrons. The second-order valence-corrected chi connectivity index (χ2v) is 7.96. The van der Waals surface area contributed by atoms with E-state index in [1.165, 1.54) is 18.5 Å². The van der Waals surface area contributed by atoms with E-state index < -0.39 is 29.4 Å². The van der Waals surface area contributed by atoms with Gasteiger partial charge >= 0.3 is 6.03 Å². The Labute approximate surface area is 186 Å². The lowest BCUT2D eigenvalue weighted by molar-refractivity contribution is -0.141. The summed E-state index contributed by atoms with van der Waals surface area (Å²) in [5, 5.41) is 11.6. The van der Waals surface area contributed by atoms with Gasteiger partial charge in [0.15, 0.2) is 0 Å². The molecular formula is C24H27N3O5. The Kier molecular flexibility index (Phi) is 6.64. The van der Waals surface area contributed by atoms with Gasteiger partial charge in [0.2, 0.25) is 0 Å². The number of ether oxygens (including phenoxy) is 1. The van der Waals surface area contributed by atoms with Crippen molar-refractivity contribution in [2.24, 2.45) is 0 Å². The molecule has 8 nitrogen and oxygen atoms in total. The van der Waals surface area contributed by atoms with E-state index in [1.807, 2.05) is 13.8 Å². The first-order valence-electron chi connectivity index (χ1n) is 10.2. The zero-order valence-electron chi connectivity index (χ0n) is 18.3. The molecule has 1 fully saturated rings. The quantitative estimate of drug-likeness (QED) is 0.255. The number of imide groups is 1. The van der Waals surface area contributed by atoms with Crippen LogP contribution in [0.5, 0.6) is 5.75 Å². The van der Waals surface area contributed by atoms with Crippen LogP contribution in [0.25, 0.3) is 0 Å². The van der Waals surface area contributed by atoms with Crippen molar-refractivity contribution >= 4 is 17.8 Å². The summed E-state index contributed by atoms with van der Waals surface area (Å²) in [5.74, 6) is -0.844. The first kappa shape index (κ1) is 23.0. The van der Waals surface area contributed by atoms with E-state index in [0.29, 0.717) is 17.9 Å². The Morgan fingerprint density at radius 3 is 2.41 bits per heavy atom. The van der Waals surface area contributed by atoms with Gasteiger partial charge in [-0.1, -0.05) is 47.5 Å². The molecule has 1 aliphatic rings. The molecule has 2 atom stereocenters. The molecule has 3 N–H and O–H groups in total. The first-order valence-corrected chi connectivity index (χ1v) is 10.2. The average Bonchev–Trinajstić information content (AvgIpc) is 3.01. The van der Waals surface area contributed by atoms with E-state index in [-0.39, 0.29) is 6.42 Å². The smallest absolute Gasteiger partial charge is 0.326 e. The Hall–Kier alpha value is -3.65. The maximum absolute atomic E-state index is 13.3. The van der Waals surface area contributed by atoms with Crippen LogP contribution in [0.1, 0.15) is 35.6 Å². The highest BCUT2D eigenvalue weighted by molar-refractivity contribution is 6.10. The number of hydrogen-bond acceptors (Lipinski definition) is 5. The standard InChI is InChI=1S/C24H27N3O5/c1-5-10-24(22(29)27(23(30)25-24)17(4)21(28)26-31)19-6-8-20(9-7-19)32-14-18-12-15(2)11-16(3)13-18/h5-9,11-13,17,31H,1,10,14H2,2-4H3,(H,25,30)(H,26,28)/t17-,24?/m1/s1. The number of hydrogen-bond donors (Lipinski definition) is 3. The highest BCUT2D eigenvalue weighted by Gasteiger charge is 2.54. The van der Waals surface area contributed by atoms with E-state index in [4.69, 9.17) is 9.94 Å². The predicted molar refractivity (Wildman–Crippen MR) is 118 cm³/mol. The summed E-state index contributed by atoms with van der Waals surface area (Å²) in [6, 6.07) is 11.2. The molecule has 0 radical (unpaired) electrons. The molecule has 0 spiro atoms. The third-order valence-electron chi connectivity index (χ3n) is 5.48. The minimum Gasteiger partial charge on any atom is -0.489 e. The number of nitrogens with zero attached hydrogens (tertiary/aromatic N) is 1. The SMILES string of the molecule is C=CCC1(c2ccc(OCc3cc(C)cc(C)c3)cc2)NC(=O)N([C@H](C)C(=O)NO)C1=O. The minimum absolute atomic E-state index is 0.129. The van der Waals surface area contributed by atoms with Crippen LogP contribution in [0.15, 0.2) is 55.1 Å². The van der Waals surface area contributed by atoms with Gasteiger partial charge in [0.05, 0.1) is 0 Å². The average molecular weight is 437 g/mol. The van der Waals surface area contributed by atoms with E-state index in [0.717, 1.165) is 21.6 Å². The maximum Gasteiger partial charge on any atom is 0.326 e. The summed E-state index contributed by atoms with van der Waals surface area (Å²) in [4.78, 5) is 38.4. The Morgan fingerprint density at radius 2 is 1.84 bits per heavy atom. The molecule has 0 aliphatic carbocycles. The molecule has 0 bridgehead atoms. The van der Waals surface area contributed by atoms with E-state index >= 15 is 0 Å². The number of amides is 4. The molecule has 1 saturated heterocycles. The van der Waals surface area contributed by atoms with Crippen molar-refractivity contribution in [1.82, 2.24) is 15.7 Å². The Bertz CT molecular complexity index is 1030. The van der Waals surface area contributed by atoms with Crippen molar-refractivity contribution in [2.75, 3.05) is 0 Å². The van der Waals surface area contributed by atoms with Gasteiger partial charge in [-0.2, -0.15) is 0 Å². The van der Waals surface area contributed by atoms with Gasteiger partial charge in [-0.25, -0.2) is 15.2 Å². The molecule has 0 saturated carbocycles. The van der Waals surface area contributed by atoms with Crippen LogP contribution in [0, 0.1) is 13.8 Å². The van der Waals surface area contributed by atoms with Crippen molar-refractivity contribution in [3.8, 4) is 5.75 Å². The van der Waals surface area contributed by atoms with Crippen molar-refractivity contribution in [1.29, 1.82) is 0 Å². The number of carbonyl (C=O) groups is 3. The van der Waals surface area contributed by atoms with Crippen LogP contribution in [0.4, 0.5) is 4.79 Å². The maximum atomic E-state index is 13.3. The van der Waals surface area contributed by atoms with Gasteiger partial charge in [-0.15, -0.1) is 6.58 Å². The summed E-state index contributed by atoms with van der Waals surface area (Å²) in [5.41, 5.74) is 3.99. The lowest BCUT2D eigenvalue weighted by Crippen LogP contribution is -2.49. The van der Waals surface area contributed by atoms with Crippen LogP contribution in [0.3, 0.4) is 0 Å². The van der Waals surface area contributed by atoms with Crippen LogP contribution < -0.4 is 15.5 Å². The van der Waals surface area contributed by atoms with Crippen molar-refractivity contribution in [2.45, 2.75) is 45.4 Å². The molecular weight excluding hydrogens is 410 g/mol. The predicted octanol–water partition coefficient (Wildman–Crippen LogP) is 3.10. The van der Waals surface area contributed by atoms with Crippen molar-refractivity contribution in [3.05, 3.63) is 77.4 Å². The molecule has 1 aliphatic heterocycles. The topological polar surface area (TPSA) is 108 Å². The molecule has 8 heteroatoms. The number of urea groups is 1. The summed E-state index contributed by atoms with van der Waals surface area (Å²) >= 11 is 0. The fourth-order valence-corrected chi connectivity index (χ4v) is 3.98.